The van der Waals surface area contributed by atoms with E-state index in [9.17, 15) is 5.11 Å². The van der Waals surface area contributed by atoms with E-state index in [2.05, 4.69) is 70.8 Å². The van der Waals surface area contributed by atoms with Crippen LogP contribution in [0.5, 0.6) is 5.75 Å². The van der Waals surface area contributed by atoms with Crippen LogP contribution >= 0.6 is 0 Å². The van der Waals surface area contributed by atoms with Crippen molar-refractivity contribution in [3.63, 3.8) is 0 Å². The van der Waals surface area contributed by atoms with Crippen LogP contribution in [0.3, 0.4) is 0 Å². The molecule has 0 bridgehead atoms. The minimum atomic E-state index is -0.140. The van der Waals surface area contributed by atoms with Gasteiger partial charge in [-0.1, -0.05) is 41.5 Å². The van der Waals surface area contributed by atoms with Crippen LogP contribution in [0.25, 0.3) is 11.3 Å². The van der Waals surface area contributed by atoms with Gasteiger partial charge in [0.05, 0.1) is 25.5 Å². The minimum Gasteiger partial charge on any atom is -0.507 e. The summed E-state index contributed by atoms with van der Waals surface area (Å²) >= 11 is 0. The zero-order valence-corrected chi connectivity index (χ0v) is 18.2. The summed E-state index contributed by atoms with van der Waals surface area (Å²) in [6.45, 7) is 18.3. The van der Waals surface area contributed by atoms with Crippen molar-refractivity contribution in [2.24, 2.45) is 0 Å². The number of hydrogen-bond acceptors (Lipinski definition) is 4. The number of phenols is 1. The highest BCUT2D eigenvalue weighted by molar-refractivity contribution is 5.66. The summed E-state index contributed by atoms with van der Waals surface area (Å²) in [5, 5.41) is 15.7. The number of hydrogen-bond donors (Lipinski definition) is 1. The summed E-state index contributed by atoms with van der Waals surface area (Å²) < 4.78 is 7.44. The van der Waals surface area contributed by atoms with Gasteiger partial charge >= 0.3 is 0 Å². The Morgan fingerprint density at radius 1 is 0.964 bits per heavy atom. The van der Waals surface area contributed by atoms with Crippen LogP contribution in [0.4, 0.5) is 0 Å². The van der Waals surface area contributed by atoms with Crippen molar-refractivity contribution in [1.29, 1.82) is 0 Å². The maximum Gasteiger partial charge on any atom is 0.123 e. The highest BCUT2D eigenvalue weighted by Gasteiger charge is 2.27. The quantitative estimate of drug-likeness (QED) is 0.858. The van der Waals surface area contributed by atoms with Gasteiger partial charge in [-0.25, -0.2) is 0 Å². The third-order valence-electron chi connectivity index (χ3n) is 5.41. The third-order valence-corrected chi connectivity index (χ3v) is 5.41. The van der Waals surface area contributed by atoms with Crippen LogP contribution < -0.4 is 0 Å². The fourth-order valence-electron chi connectivity index (χ4n) is 3.63. The molecular formula is C23H35N3O2. The number of aromatic hydroxyl groups is 1. The molecule has 154 valence electrons. The Kier molecular flexibility index (Phi) is 5.87. The first kappa shape index (κ1) is 20.9. The first-order valence-electron chi connectivity index (χ1n) is 10.3. The average molecular weight is 386 g/mol. The molecule has 5 heteroatoms. The lowest BCUT2D eigenvalue weighted by atomic mass is 9.78. The Balaban J connectivity index is 1.87. The van der Waals surface area contributed by atoms with Crippen LogP contribution in [0.2, 0.25) is 0 Å². The van der Waals surface area contributed by atoms with E-state index in [-0.39, 0.29) is 10.8 Å². The molecule has 3 rings (SSSR count). The molecule has 28 heavy (non-hydrogen) atoms. The fourth-order valence-corrected chi connectivity index (χ4v) is 3.63. The van der Waals surface area contributed by atoms with E-state index in [0.717, 1.165) is 61.8 Å². The molecule has 0 atom stereocenters. The summed E-state index contributed by atoms with van der Waals surface area (Å²) in [6, 6.07) is 6.27. The molecule has 0 unspecified atom stereocenters. The normalized spacial score (nSPS) is 16.5. The molecule has 1 aliphatic rings. The van der Waals surface area contributed by atoms with Crippen molar-refractivity contribution >= 4 is 0 Å². The second-order valence-electron chi connectivity index (χ2n) is 9.84. The summed E-state index contributed by atoms with van der Waals surface area (Å²) in [5.74, 6) is 0.413. The van der Waals surface area contributed by atoms with E-state index in [4.69, 9.17) is 9.84 Å². The van der Waals surface area contributed by atoms with E-state index in [1.165, 1.54) is 0 Å². The van der Waals surface area contributed by atoms with Gasteiger partial charge in [-0.05, 0) is 29.0 Å². The average Bonchev–Trinajstić information content (AvgIpc) is 3.08. The lowest BCUT2D eigenvalue weighted by molar-refractivity contribution is 0.0360. The zero-order valence-electron chi connectivity index (χ0n) is 18.2. The third kappa shape index (κ3) is 4.76. The molecule has 1 aromatic heterocycles. The van der Waals surface area contributed by atoms with Crippen molar-refractivity contribution in [1.82, 2.24) is 14.7 Å². The topological polar surface area (TPSA) is 50.5 Å². The molecule has 1 fully saturated rings. The predicted molar refractivity (Wildman–Crippen MR) is 114 cm³/mol. The number of nitrogens with zero attached hydrogens (tertiary/aromatic N) is 3. The molecule has 1 saturated heterocycles. The van der Waals surface area contributed by atoms with E-state index in [0.29, 0.717) is 5.75 Å². The van der Waals surface area contributed by atoms with Crippen molar-refractivity contribution in [3.05, 3.63) is 35.5 Å². The first-order chi connectivity index (χ1) is 13.1. The Morgan fingerprint density at radius 3 is 2.07 bits per heavy atom. The molecule has 0 saturated carbocycles. The summed E-state index contributed by atoms with van der Waals surface area (Å²) in [6.07, 6.45) is 2.05. The van der Waals surface area contributed by atoms with Crippen molar-refractivity contribution < 1.29 is 9.84 Å². The first-order valence-corrected chi connectivity index (χ1v) is 10.3. The number of morpholine rings is 1. The highest BCUT2D eigenvalue weighted by Crippen LogP contribution is 2.41. The molecule has 0 aliphatic carbocycles. The van der Waals surface area contributed by atoms with Gasteiger partial charge in [-0.15, -0.1) is 0 Å². The summed E-state index contributed by atoms with van der Waals surface area (Å²) in [7, 11) is 0. The van der Waals surface area contributed by atoms with E-state index < -0.39 is 0 Å². The molecule has 0 spiro atoms. The number of rotatable bonds is 4. The molecule has 0 radical (unpaired) electrons. The molecule has 2 heterocycles. The summed E-state index contributed by atoms with van der Waals surface area (Å²) in [5.41, 5.74) is 3.68. The number of benzene rings is 1. The van der Waals surface area contributed by atoms with Gasteiger partial charge in [0, 0.05) is 42.5 Å². The number of aromatic nitrogens is 2. The van der Waals surface area contributed by atoms with Crippen molar-refractivity contribution in [3.8, 4) is 17.0 Å². The lowest BCUT2D eigenvalue weighted by Crippen LogP contribution is -2.38. The molecule has 1 N–H and O–H groups in total. The highest BCUT2D eigenvalue weighted by atomic mass is 16.5. The van der Waals surface area contributed by atoms with Crippen molar-refractivity contribution in [2.45, 2.75) is 58.9 Å². The van der Waals surface area contributed by atoms with Crippen molar-refractivity contribution in [2.75, 3.05) is 32.8 Å². The largest absolute Gasteiger partial charge is 0.507 e. The number of ether oxygens (including phenoxy) is 1. The smallest absolute Gasteiger partial charge is 0.123 e. The van der Waals surface area contributed by atoms with Gasteiger partial charge in [0.15, 0.2) is 0 Å². The van der Waals surface area contributed by atoms with Crippen LogP contribution in [0, 0.1) is 0 Å². The molecule has 5 nitrogen and oxygen atoms in total. The van der Waals surface area contributed by atoms with Crippen LogP contribution in [0.1, 0.15) is 52.7 Å². The van der Waals surface area contributed by atoms with Crippen LogP contribution in [-0.2, 0) is 22.1 Å². The van der Waals surface area contributed by atoms with E-state index in [1.54, 1.807) is 0 Å². The Hall–Kier alpha value is -1.85. The molecule has 1 aromatic carbocycles. The van der Waals surface area contributed by atoms with Crippen LogP contribution in [-0.4, -0.2) is 52.6 Å². The van der Waals surface area contributed by atoms with Gasteiger partial charge in [-0.2, -0.15) is 5.10 Å². The molecule has 2 aromatic rings. The summed E-state index contributed by atoms with van der Waals surface area (Å²) in [4.78, 5) is 2.42. The van der Waals surface area contributed by atoms with E-state index in [1.807, 2.05) is 4.68 Å². The lowest BCUT2D eigenvalue weighted by Gasteiger charge is -2.28. The number of phenolic OH excluding ortho intramolecular Hbond substituents is 1. The van der Waals surface area contributed by atoms with Crippen LogP contribution in [0.15, 0.2) is 24.4 Å². The molecule has 0 amide bonds. The monoisotopic (exact) mass is 385 g/mol. The van der Waals surface area contributed by atoms with Gasteiger partial charge in [0.2, 0.25) is 0 Å². The Labute approximate surface area is 169 Å². The maximum atomic E-state index is 10.9. The second-order valence-corrected chi connectivity index (χ2v) is 9.84. The zero-order chi connectivity index (χ0) is 20.5. The second kappa shape index (κ2) is 7.88. The maximum absolute atomic E-state index is 10.9. The van der Waals surface area contributed by atoms with Gasteiger partial charge in [0.25, 0.3) is 0 Å². The Morgan fingerprint density at radius 2 is 1.54 bits per heavy atom. The van der Waals surface area contributed by atoms with Gasteiger partial charge < -0.3 is 9.84 Å². The predicted octanol–water partition coefficient (Wildman–Crippen LogP) is 4.18. The standard InChI is InChI=1S/C23H35N3O2/c1-22(2,3)18-15-17(16-19(21(18)27)23(4,5)6)20-7-8-26(24-20)10-9-25-11-13-28-14-12-25/h7-8,15-16,27H,9-14H2,1-6H3. The molecule has 1 aliphatic heterocycles. The van der Waals surface area contributed by atoms with E-state index >= 15 is 0 Å². The SMILES string of the molecule is CC(C)(C)c1cc(-c2ccn(CCN3CCOCC3)n2)cc(C(C)(C)C)c1O. The Bertz CT molecular complexity index is 771. The molecular weight excluding hydrogens is 350 g/mol. The fraction of sp³-hybridized carbons (Fsp3) is 0.609. The van der Waals surface area contributed by atoms with Gasteiger partial charge in [0.1, 0.15) is 5.75 Å². The van der Waals surface area contributed by atoms with Gasteiger partial charge in [-0.3, -0.25) is 9.58 Å². The minimum absolute atomic E-state index is 0.140.